The molecule has 0 spiro atoms. The molecular formula is C14H19N5O2S. The molecule has 0 bridgehead atoms. The SMILES string of the molecule is COc1csc(C(=O)Nc2nc(C3CCNCC3)nn2C)c1. The van der Waals surface area contributed by atoms with Crippen molar-refractivity contribution in [3.8, 4) is 5.75 Å². The van der Waals surface area contributed by atoms with E-state index in [0.717, 1.165) is 31.8 Å². The second kappa shape index (κ2) is 6.45. The smallest absolute Gasteiger partial charge is 0.268 e. The average molecular weight is 321 g/mol. The van der Waals surface area contributed by atoms with Crippen LogP contribution in [-0.2, 0) is 7.05 Å². The first-order chi connectivity index (χ1) is 10.7. The molecule has 1 aliphatic heterocycles. The summed E-state index contributed by atoms with van der Waals surface area (Å²) in [5.41, 5.74) is 0. The zero-order valence-electron chi connectivity index (χ0n) is 12.6. The third-order valence-electron chi connectivity index (χ3n) is 3.74. The molecule has 1 aliphatic rings. The number of aryl methyl sites for hydroxylation is 1. The lowest BCUT2D eigenvalue weighted by Crippen LogP contribution is -2.27. The number of amides is 1. The van der Waals surface area contributed by atoms with Crippen molar-refractivity contribution in [2.45, 2.75) is 18.8 Å². The summed E-state index contributed by atoms with van der Waals surface area (Å²) in [6.45, 7) is 1.97. The molecule has 3 rings (SSSR count). The molecule has 0 radical (unpaired) electrons. The average Bonchev–Trinajstić information content (AvgIpc) is 3.15. The molecule has 0 saturated carbocycles. The van der Waals surface area contributed by atoms with Crippen LogP contribution in [0.3, 0.4) is 0 Å². The summed E-state index contributed by atoms with van der Waals surface area (Å²) in [5, 5.41) is 12.4. The quantitative estimate of drug-likeness (QED) is 0.894. The Hall–Kier alpha value is -1.93. The molecule has 0 aliphatic carbocycles. The Balaban J connectivity index is 1.71. The van der Waals surface area contributed by atoms with E-state index in [1.165, 1.54) is 11.3 Å². The summed E-state index contributed by atoms with van der Waals surface area (Å²) in [4.78, 5) is 17.3. The third-order valence-corrected chi connectivity index (χ3v) is 4.65. The standard InChI is InChI=1S/C14H19N5O2S/c1-19-14(16-12(18-19)9-3-5-15-6-4-9)17-13(20)11-7-10(21-2)8-22-11/h7-9,15H,3-6H2,1-2H3,(H,16,17,18,20). The second-order valence-electron chi connectivity index (χ2n) is 5.25. The highest BCUT2D eigenvalue weighted by Crippen LogP contribution is 2.24. The minimum absolute atomic E-state index is 0.194. The first-order valence-corrected chi connectivity index (χ1v) is 8.11. The number of nitrogens with one attached hydrogen (secondary N) is 2. The van der Waals surface area contributed by atoms with Gasteiger partial charge in [0.25, 0.3) is 5.91 Å². The van der Waals surface area contributed by atoms with Gasteiger partial charge in [0.05, 0.1) is 12.0 Å². The Kier molecular flexibility index (Phi) is 4.39. The van der Waals surface area contributed by atoms with E-state index in [4.69, 9.17) is 4.74 Å². The molecule has 2 aromatic rings. The number of aromatic nitrogens is 3. The number of rotatable bonds is 4. The molecule has 1 amide bonds. The van der Waals surface area contributed by atoms with Gasteiger partial charge in [-0.15, -0.1) is 11.3 Å². The molecule has 118 valence electrons. The highest BCUT2D eigenvalue weighted by atomic mass is 32.1. The largest absolute Gasteiger partial charge is 0.496 e. The van der Waals surface area contributed by atoms with Crippen LogP contribution in [0.25, 0.3) is 0 Å². The Morgan fingerprint density at radius 1 is 1.50 bits per heavy atom. The molecule has 1 saturated heterocycles. The monoisotopic (exact) mass is 321 g/mol. The van der Waals surface area contributed by atoms with Gasteiger partial charge in [0.1, 0.15) is 5.75 Å². The van der Waals surface area contributed by atoms with Crippen LogP contribution in [0.2, 0.25) is 0 Å². The number of carbonyl (C=O) groups is 1. The van der Waals surface area contributed by atoms with Gasteiger partial charge in [-0.1, -0.05) is 0 Å². The van der Waals surface area contributed by atoms with E-state index in [1.807, 2.05) is 0 Å². The molecular weight excluding hydrogens is 302 g/mol. The number of hydrogen-bond donors (Lipinski definition) is 2. The lowest BCUT2D eigenvalue weighted by atomic mass is 9.98. The number of carbonyl (C=O) groups excluding carboxylic acids is 1. The summed E-state index contributed by atoms with van der Waals surface area (Å²) in [6.07, 6.45) is 2.05. The van der Waals surface area contributed by atoms with E-state index < -0.39 is 0 Å². The Labute approximate surface area is 132 Å². The Morgan fingerprint density at radius 3 is 2.95 bits per heavy atom. The van der Waals surface area contributed by atoms with Crippen molar-refractivity contribution in [1.29, 1.82) is 0 Å². The van der Waals surface area contributed by atoms with Crippen molar-refractivity contribution in [1.82, 2.24) is 20.1 Å². The van der Waals surface area contributed by atoms with Gasteiger partial charge in [0, 0.05) is 24.4 Å². The molecule has 0 atom stereocenters. The van der Waals surface area contributed by atoms with Crippen LogP contribution < -0.4 is 15.4 Å². The lowest BCUT2D eigenvalue weighted by molar-refractivity contribution is 0.102. The molecule has 0 aromatic carbocycles. The van der Waals surface area contributed by atoms with Crippen LogP contribution in [0.5, 0.6) is 5.75 Å². The minimum atomic E-state index is -0.194. The normalized spacial score (nSPS) is 15.7. The number of anilines is 1. The molecule has 22 heavy (non-hydrogen) atoms. The highest BCUT2D eigenvalue weighted by Gasteiger charge is 2.21. The predicted octanol–water partition coefficient (Wildman–Crippen LogP) is 1.60. The number of piperidine rings is 1. The van der Waals surface area contributed by atoms with Crippen LogP contribution in [0, 0.1) is 0 Å². The van der Waals surface area contributed by atoms with Crippen LogP contribution in [0.1, 0.15) is 34.3 Å². The molecule has 1 fully saturated rings. The molecule has 2 aromatic heterocycles. The maximum Gasteiger partial charge on any atom is 0.268 e. The number of nitrogens with zero attached hydrogens (tertiary/aromatic N) is 3. The second-order valence-corrected chi connectivity index (χ2v) is 6.16. The van der Waals surface area contributed by atoms with Crippen molar-refractivity contribution in [2.75, 3.05) is 25.5 Å². The van der Waals surface area contributed by atoms with Gasteiger partial charge < -0.3 is 10.1 Å². The molecule has 3 heterocycles. The Morgan fingerprint density at radius 2 is 2.27 bits per heavy atom. The molecule has 0 unspecified atom stereocenters. The number of hydrogen-bond acceptors (Lipinski definition) is 6. The van der Waals surface area contributed by atoms with Gasteiger partial charge in [-0.05, 0) is 25.9 Å². The predicted molar refractivity (Wildman–Crippen MR) is 84.7 cm³/mol. The van der Waals surface area contributed by atoms with E-state index in [0.29, 0.717) is 22.5 Å². The Bertz CT molecular complexity index is 660. The van der Waals surface area contributed by atoms with Gasteiger partial charge in [-0.3, -0.25) is 10.1 Å². The van der Waals surface area contributed by atoms with Crippen molar-refractivity contribution >= 4 is 23.2 Å². The minimum Gasteiger partial charge on any atom is -0.496 e. The summed E-state index contributed by atoms with van der Waals surface area (Å²) in [6, 6.07) is 1.71. The fraction of sp³-hybridized carbons (Fsp3) is 0.500. The van der Waals surface area contributed by atoms with E-state index in [2.05, 4.69) is 20.7 Å². The summed E-state index contributed by atoms with van der Waals surface area (Å²) in [5.74, 6) is 2.14. The number of methoxy groups -OCH3 is 1. The molecule has 7 nitrogen and oxygen atoms in total. The van der Waals surface area contributed by atoms with E-state index in [1.54, 1.807) is 30.3 Å². The van der Waals surface area contributed by atoms with Gasteiger partial charge in [0.15, 0.2) is 5.82 Å². The maximum absolute atomic E-state index is 12.2. The number of thiophene rings is 1. The summed E-state index contributed by atoms with van der Waals surface area (Å²) in [7, 11) is 3.37. The zero-order chi connectivity index (χ0) is 15.5. The fourth-order valence-electron chi connectivity index (χ4n) is 2.47. The van der Waals surface area contributed by atoms with Gasteiger partial charge in [-0.25, -0.2) is 4.68 Å². The number of ether oxygens (including phenoxy) is 1. The van der Waals surface area contributed by atoms with Gasteiger partial charge in [0.2, 0.25) is 5.95 Å². The van der Waals surface area contributed by atoms with Crippen molar-refractivity contribution in [3.63, 3.8) is 0 Å². The molecule has 2 N–H and O–H groups in total. The van der Waals surface area contributed by atoms with Crippen LogP contribution in [-0.4, -0.2) is 40.9 Å². The highest BCUT2D eigenvalue weighted by molar-refractivity contribution is 7.12. The van der Waals surface area contributed by atoms with Gasteiger partial charge >= 0.3 is 0 Å². The molecule has 8 heteroatoms. The lowest BCUT2D eigenvalue weighted by Gasteiger charge is -2.19. The zero-order valence-corrected chi connectivity index (χ0v) is 13.4. The van der Waals surface area contributed by atoms with Crippen LogP contribution in [0.4, 0.5) is 5.95 Å². The summed E-state index contributed by atoms with van der Waals surface area (Å²) >= 11 is 1.34. The van der Waals surface area contributed by atoms with Crippen molar-refractivity contribution in [2.24, 2.45) is 7.05 Å². The van der Waals surface area contributed by atoms with Crippen LogP contribution in [0.15, 0.2) is 11.4 Å². The van der Waals surface area contributed by atoms with E-state index in [9.17, 15) is 4.79 Å². The van der Waals surface area contributed by atoms with Crippen LogP contribution >= 0.6 is 11.3 Å². The summed E-state index contributed by atoms with van der Waals surface area (Å²) < 4.78 is 6.72. The van der Waals surface area contributed by atoms with E-state index >= 15 is 0 Å². The third kappa shape index (κ3) is 3.12. The van der Waals surface area contributed by atoms with E-state index in [-0.39, 0.29) is 5.91 Å². The van der Waals surface area contributed by atoms with Crippen molar-refractivity contribution in [3.05, 3.63) is 22.1 Å². The first kappa shape index (κ1) is 15.0. The van der Waals surface area contributed by atoms with Gasteiger partial charge in [-0.2, -0.15) is 10.1 Å². The van der Waals surface area contributed by atoms with Crippen molar-refractivity contribution < 1.29 is 9.53 Å². The topological polar surface area (TPSA) is 81.1 Å². The first-order valence-electron chi connectivity index (χ1n) is 7.23. The maximum atomic E-state index is 12.2. The fourth-order valence-corrected chi connectivity index (χ4v) is 3.22.